The molecule has 1 saturated heterocycles. The van der Waals surface area contributed by atoms with E-state index in [1.165, 1.54) is 12.1 Å². The van der Waals surface area contributed by atoms with E-state index in [0.717, 1.165) is 0 Å². The molecule has 1 heterocycles. The third-order valence-electron chi connectivity index (χ3n) is 4.41. The van der Waals surface area contributed by atoms with Crippen LogP contribution in [0.2, 0.25) is 38.3 Å². The fourth-order valence-electron chi connectivity index (χ4n) is 3.64. The first-order valence-electron chi connectivity index (χ1n) is 6.62. The zero-order chi connectivity index (χ0) is 14.2. The smallest absolute Gasteiger partial charge is 0.376 e. The highest BCUT2D eigenvalue weighted by Crippen LogP contribution is 2.40. The molecule has 0 aromatic heterocycles. The molecule has 0 spiro atoms. The van der Waals surface area contributed by atoms with Crippen molar-refractivity contribution in [2.24, 2.45) is 0 Å². The molecule has 0 saturated carbocycles. The molecule has 0 aromatic carbocycles. The summed E-state index contributed by atoms with van der Waals surface area (Å²) in [6.45, 7) is 12.1. The minimum absolute atomic E-state index is 0.267. The maximum absolute atomic E-state index is 5.69. The minimum atomic E-state index is -2.57. The second-order valence-corrected chi connectivity index (χ2v) is 19.3. The highest BCUT2D eigenvalue weighted by molar-refractivity contribution is 6.96. The monoisotopic (exact) mass is 307 g/mol. The largest absolute Gasteiger partial charge is 0.516 e. The Labute approximate surface area is 115 Å². The van der Waals surface area contributed by atoms with Gasteiger partial charge in [-0.25, -0.2) is 0 Å². The quantitative estimate of drug-likeness (QED) is 0.730. The Balaban J connectivity index is 3.10. The van der Waals surface area contributed by atoms with Crippen molar-refractivity contribution in [2.75, 3.05) is 21.3 Å². The number of hydrogen-bond acceptors (Lipinski definition) is 4. The van der Waals surface area contributed by atoms with Gasteiger partial charge in [-0.1, -0.05) is 26.2 Å². The number of hydrogen-bond donors (Lipinski definition) is 0. The Hall–Kier alpha value is 0.491. The first-order chi connectivity index (χ1) is 8.17. The molecule has 1 atom stereocenters. The lowest BCUT2D eigenvalue weighted by Gasteiger charge is -2.47. The van der Waals surface area contributed by atoms with Crippen molar-refractivity contribution < 1.29 is 13.3 Å². The van der Waals surface area contributed by atoms with Crippen LogP contribution in [0.5, 0.6) is 0 Å². The summed E-state index contributed by atoms with van der Waals surface area (Å²) < 4.78 is 19.9. The maximum Gasteiger partial charge on any atom is 0.516 e. The summed E-state index contributed by atoms with van der Waals surface area (Å²) in [6, 6.07) is 2.77. The molecular formula is C11H29NO3Si3. The van der Waals surface area contributed by atoms with Crippen LogP contribution in [-0.4, -0.2) is 56.5 Å². The van der Waals surface area contributed by atoms with Gasteiger partial charge in [0.2, 0.25) is 0 Å². The zero-order valence-corrected chi connectivity index (χ0v) is 16.2. The summed E-state index contributed by atoms with van der Waals surface area (Å²) >= 11 is 0. The first-order valence-corrected chi connectivity index (χ1v) is 14.7. The fraction of sp³-hybridized carbons (Fsp3) is 1.00. The zero-order valence-electron chi connectivity index (χ0n) is 13.2. The van der Waals surface area contributed by atoms with Gasteiger partial charge in [-0.3, -0.25) is 0 Å². The van der Waals surface area contributed by atoms with Crippen LogP contribution >= 0.6 is 0 Å². The van der Waals surface area contributed by atoms with Crippen LogP contribution in [0.4, 0.5) is 0 Å². The summed E-state index contributed by atoms with van der Waals surface area (Å²) in [6.07, 6.45) is 0. The Morgan fingerprint density at radius 3 is 1.50 bits per heavy atom. The van der Waals surface area contributed by atoms with Crippen molar-refractivity contribution in [1.29, 1.82) is 0 Å². The molecule has 0 bridgehead atoms. The van der Waals surface area contributed by atoms with Crippen molar-refractivity contribution in [1.82, 2.24) is 4.23 Å². The van der Waals surface area contributed by atoms with Crippen molar-refractivity contribution >= 4 is 25.3 Å². The van der Waals surface area contributed by atoms with Crippen molar-refractivity contribution in [2.45, 2.75) is 50.9 Å². The van der Waals surface area contributed by atoms with Crippen LogP contribution in [-0.2, 0) is 13.3 Å². The van der Waals surface area contributed by atoms with E-state index in [9.17, 15) is 0 Å². The van der Waals surface area contributed by atoms with Gasteiger partial charge in [0.05, 0.1) is 5.67 Å². The van der Waals surface area contributed by atoms with Crippen LogP contribution in [0.1, 0.15) is 6.92 Å². The van der Waals surface area contributed by atoms with Gasteiger partial charge in [-0.15, -0.1) is 0 Å². The van der Waals surface area contributed by atoms with Gasteiger partial charge < -0.3 is 17.5 Å². The average molecular weight is 308 g/mol. The average Bonchev–Trinajstić information content (AvgIpc) is 2.51. The molecule has 18 heavy (non-hydrogen) atoms. The van der Waals surface area contributed by atoms with Gasteiger partial charge in [-0.05, 0) is 19.0 Å². The van der Waals surface area contributed by atoms with Gasteiger partial charge in [0, 0.05) is 21.3 Å². The van der Waals surface area contributed by atoms with Crippen molar-refractivity contribution in [3.63, 3.8) is 0 Å². The highest BCUT2D eigenvalue weighted by atomic mass is 28.4. The molecule has 0 amide bonds. The fourth-order valence-corrected chi connectivity index (χ4v) is 23.2. The van der Waals surface area contributed by atoms with E-state index in [2.05, 4.69) is 37.3 Å². The molecule has 0 N–H and O–H groups in total. The summed E-state index contributed by atoms with van der Waals surface area (Å²) in [5, 5.41) is 0. The molecule has 1 rings (SSSR count). The van der Waals surface area contributed by atoms with E-state index in [1.807, 2.05) is 0 Å². The van der Waals surface area contributed by atoms with Crippen molar-refractivity contribution in [3.8, 4) is 0 Å². The predicted octanol–water partition coefficient (Wildman–Crippen LogP) is 2.52. The van der Waals surface area contributed by atoms with Crippen molar-refractivity contribution in [3.05, 3.63) is 0 Å². The Morgan fingerprint density at radius 1 is 0.889 bits per heavy atom. The van der Waals surface area contributed by atoms with Gasteiger partial charge in [0.1, 0.15) is 16.5 Å². The Bertz CT molecular complexity index is 271. The molecule has 4 nitrogen and oxygen atoms in total. The lowest BCUT2D eigenvalue weighted by atomic mass is 10.8. The molecule has 0 radical (unpaired) electrons. The van der Waals surface area contributed by atoms with E-state index >= 15 is 0 Å². The van der Waals surface area contributed by atoms with Crippen LogP contribution in [0.15, 0.2) is 0 Å². The second-order valence-electron chi connectivity index (χ2n) is 6.39. The van der Waals surface area contributed by atoms with E-state index < -0.39 is 25.3 Å². The first kappa shape index (κ1) is 16.5. The summed E-state index contributed by atoms with van der Waals surface area (Å²) in [5.41, 5.74) is 0.267. The summed E-state index contributed by atoms with van der Waals surface area (Å²) in [5.74, 6) is 0. The lowest BCUT2D eigenvalue weighted by molar-refractivity contribution is 0.104. The van der Waals surface area contributed by atoms with Crippen LogP contribution in [0.3, 0.4) is 0 Å². The Kier molecular flexibility index (Phi) is 5.03. The lowest BCUT2D eigenvalue weighted by Crippen LogP contribution is -2.69. The van der Waals surface area contributed by atoms with E-state index in [0.29, 0.717) is 0 Å². The molecule has 7 heteroatoms. The van der Waals surface area contributed by atoms with Crippen LogP contribution in [0.25, 0.3) is 0 Å². The minimum Gasteiger partial charge on any atom is -0.376 e. The molecule has 0 aliphatic carbocycles. The topological polar surface area (TPSA) is 30.9 Å². The number of nitrogens with zero attached hydrogens (tertiary/aromatic N) is 1. The van der Waals surface area contributed by atoms with Gasteiger partial charge in [0.15, 0.2) is 0 Å². The van der Waals surface area contributed by atoms with E-state index in [4.69, 9.17) is 13.3 Å². The van der Waals surface area contributed by atoms with Gasteiger partial charge in [0.25, 0.3) is 0 Å². The van der Waals surface area contributed by atoms with Crippen LogP contribution < -0.4 is 0 Å². The summed E-state index contributed by atoms with van der Waals surface area (Å²) in [4.78, 5) is 0. The molecule has 1 aliphatic heterocycles. The van der Waals surface area contributed by atoms with Crippen LogP contribution in [0, 0.1) is 0 Å². The molecule has 1 aliphatic rings. The summed E-state index contributed by atoms with van der Waals surface area (Å²) in [7, 11) is -0.0903. The van der Waals surface area contributed by atoms with E-state index in [-0.39, 0.29) is 5.67 Å². The van der Waals surface area contributed by atoms with Gasteiger partial charge in [-0.2, -0.15) is 0 Å². The predicted molar refractivity (Wildman–Crippen MR) is 82.7 cm³/mol. The van der Waals surface area contributed by atoms with Gasteiger partial charge >= 0.3 is 8.80 Å². The second kappa shape index (κ2) is 5.47. The third-order valence-corrected chi connectivity index (χ3v) is 18.4. The maximum atomic E-state index is 5.69. The molecule has 1 fully saturated rings. The SMILES string of the molecule is CO[Si](OC)(OC)C(C)N1[Si](C)(C)CC[Si]1(C)C. The molecule has 0 aromatic rings. The number of rotatable bonds is 5. The molecule has 108 valence electrons. The molecular weight excluding hydrogens is 278 g/mol. The Morgan fingerprint density at radius 2 is 1.22 bits per heavy atom. The molecule has 1 unspecified atom stereocenters. The standard InChI is InChI=1S/C11H29NO3Si3/c1-11(18(13-2,14-3)15-4)12-16(5,6)9-10-17(12,7)8/h11H,9-10H2,1-8H3. The normalized spacial score (nSPS) is 25.3. The van der Waals surface area contributed by atoms with E-state index in [1.54, 1.807) is 21.3 Å². The highest BCUT2D eigenvalue weighted by Gasteiger charge is 2.58. The third kappa shape index (κ3) is 2.67.